The molecule has 0 saturated heterocycles. The Morgan fingerprint density at radius 3 is 2.16 bits per heavy atom. The first-order valence-electron chi connectivity index (χ1n) is 9.86. The lowest BCUT2D eigenvalue weighted by Crippen LogP contribution is -2.41. The Labute approximate surface area is 186 Å². The van der Waals surface area contributed by atoms with Gasteiger partial charge in [0.05, 0.1) is 21.5 Å². The number of benzene rings is 3. The van der Waals surface area contributed by atoms with Crippen molar-refractivity contribution in [3.63, 3.8) is 0 Å². The third-order valence-electron chi connectivity index (χ3n) is 4.92. The van der Waals surface area contributed by atoms with E-state index in [1.165, 1.54) is 36.4 Å². The molecule has 0 saturated carbocycles. The smallest absolute Gasteiger partial charge is 0.269 e. The Kier molecular flexibility index (Phi) is 6.89. The molecule has 32 heavy (non-hydrogen) atoms. The number of nitro groups is 1. The van der Waals surface area contributed by atoms with Crippen LogP contribution in [0.4, 0.5) is 11.4 Å². The second-order valence-corrected chi connectivity index (χ2v) is 9.16. The molecule has 0 bridgehead atoms. The van der Waals surface area contributed by atoms with Crippen molar-refractivity contribution >= 4 is 27.3 Å². The van der Waals surface area contributed by atoms with Gasteiger partial charge < -0.3 is 5.32 Å². The van der Waals surface area contributed by atoms with Crippen molar-refractivity contribution in [3.8, 4) is 0 Å². The minimum absolute atomic E-state index is 0.0118. The fourth-order valence-corrected chi connectivity index (χ4v) is 4.57. The van der Waals surface area contributed by atoms with Gasteiger partial charge in [-0.15, -0.1) is 0 Å². The maximum atomic E-state index is 13.3. The van der Waals surface area contributed by atoms with E-state index in [1.54, 1.807) is 18.2 Å². The summed E-state index contributed by atoms with van der Waals surface area (Å²) >= 11 is 0. The summed E-state index contributed by atoms with van der Waals surface area (Å²) in [6, 6.07) is 20.1. The Morgan fingerprint density at radius 2 is 1.59 bits per heavy atom. The van der Waals surface area contributed by atoms with Crippen LogP contribution in [-0.4, -0.2) is 25.8 Å². The summed E-state index contributed by atoms with van der Waals surface area (Å²) in [6.45, 7) is 3.29. The van der Waals surface area contributed by atoms with Crippen LogP contribution < -0.4 is 9.62 Å². The molecule has 0 aliphatic rings. The molecule has 3 aromatic rings. The Morgan fingerprint density at radius 1 is 1.00 bits per heavy atom. The number of carbonyl (C=O) groups excluding carboxylic acids is 1. The van der Waals surface area contributed by atoms with Gasteiger partial charge in [-0.2, -0.15) is 0 Å². The molecule has 8 nitrogen and oxygen atoms in total. The summed E-state index contributed by atoms with van der Waals surface area (Å²) in [7, 11) is -4.09. The van der Waals surface area contributed by atoms with Crippen molar-refractivity contribution < 1.29 is 18.1 Å². The summed E-state index contributed by atoms with van der Waals surface area (Å²) in [4.78, 5) is 23.2. The monoisotopic (exact) mass is 453 g/mol. The maximum Gasteiger partial charge on any atom is 0.269 e. The number of rotatable bonds is 8. The number of amides is 1. The highest BCUT2D eigenvalue weighted by molar-refractivity contribution is 7.92. The third kappa shape index (κ3) is 5.30. The second-order valence-electron chi connectivity index (χ2n) is 7.30. The normalized spacial score (nSPS) is 12.1. The van der Waals surface area contributed by atoms with E-state index in [1.807, 2.05) is 38.1 Å². The molecular weight excluding hydrogens is 430 g/mol. The van der Waals surface area contributed by atoms with Crippen molar-refractivity contribution in [2.24, 2.45) is 0 Å². The van der Waals surface area contributed by atoms with Gasteiger partial charge in [-0.3, -0.25) is 19.2 Å². The van der Waals surface area contributed by atoms with Crippen LogP contribution in [0.25, 0.3) is 0 Å². The van der Waals surface area contributed by atoms with Crippen molar-refractivity contribution in [1.82, 2.24) is 5.32 Å². The zero-order valence-corrected chi connectivity index (χ0v) is 18.5. The number of aryl methyl sites for hydroxylation is 1. The minimum atomic E-state index is -4.09. The predicted molar refractivity (Wildman–Crippen MR) is 122 cm³/mol. The highest BCUT2D eigenvalue weighted by Crippen LogP contribution is 2.26. The van der Waals surface area contributed by atoms with E-state index in [9.17, 15) is 23.3 Å². The summed E-state index contributed by atoms with van der Waals surface area (Å²) in [5.74, 6) is -0.504. The molecular formula is C23H23N3O5S. The average Bonchev–Trinajstić information content (AvgIpc) is 2.78. The molecule has 0 unspecified atom stereocenters. The van der Waals surface area contributed by atoms with Crippen molar-refractivity contribution in [2.75, 3.05) is 10.8 Å². The van der Waals surface area contributed by atoms with E-state index in [4.69, 9.17) is 0 Å². The van der Waals surface area contributed by atoms with Crippen LogP contribution in [-0.2, 0) is 14.8 Å². The van der Waals surface area contributed by atoms with Gasteiger partial charge in [0, 0.05) is 12.1 Å². The molecule has 0 aromatic heterocycles. The van der Waals surface area contributed by atoms with E-state index in [2.05, 4.69) is 5.32 Å². The van der Waals surface area contributed by atoms with Crippen molar-refractivity contribution in [1.29, 1.82) is 0 Å². The molecule has 0 heterocycles. The molecule has 1 atom stereocenters. The Hall–Kier alpha value is -3.72. The van der Waals surface area contributed by atoms with Gasteiger partial charge in [0.2, 0.25) is 5.91 Å². The molecule has 0 radical (unpaired) electrons. The number of hydrogen-bond acceptors (Lipinski definition) is 5. The van der Waals surface area contributed by atoms with E-state index in [0.717, 1.165) is 15.4 Å². The fourth-order valence-electron chi connectivity index (χ4n) is 3.13. The van der Waals surface area contributed by atoms with Gasteiger partial charge >= 0.3 is 0 Å². The van der Waals surface area contributed by atoms with E-state index in [0.29, 0.717) is 0 Å². The summed E-state index contributed by atoms with van der Waals surface area (Å²) in [5, 5.41) is 13.8. The first-order chi connectivity index (χ1) is 15.2. The molecule has 3 aromatic carbocycles. The van der Waals surface area contributed by atoms with Gasteiger partial charge in [-0.25, -0.2) is 8.42 Å². The van der Waals surface area contributed by atoms with E-state index >= 15 is 0 Å². The second kappa shape index (κ2) is 9.61. The minimum Gasteiger partial charge on any atom is -0.348 e. The standard InChI is InChI=1S/C23H23N3O5S/c1-17-8-10-19(11-9-17)18(2)24-23(27)16-25(20-12-14-21(15-13-20)26(28)29)32(30,31)22-6-4-3-5-7-22/h3-15,18H,16H2,1-2H3,(H,24,27)/t18-/m0/s1. The molecule has 3 rings (SSSR count). The maximum absolute atomic E-state index is 13.3. The lowest BCUT2D eigenvalue weighted by Gasteiger charge is -2.25. The molecule has 0 spiro atoms. The van der Waals surface area contributed by atoms with Gasteiger partial charge in [-0.1, -0.05) is 48.0 Å². The van der Waals surface area contributed by atoms with Crippen molar-refractivity contribution in [2.45, 2.75) is 24.8 Å². The molecule has 0 fully saturated rings. The largest absolute Gasteiger partial charge is 0.348 e. The first-order valence-corrected chi connectivity index (χ1v) is 11.3. The average molecular weight is 454 g/mol. The SMILES string of the molecule is Cc1ccc([C@H](C)NC(=O)CN(c2ccc([N+](=O)[O-])cc2)S(=O)(=O)c2ccccc2)cc1. The van der Waals surface area contributed by atoms with E-state index < -0.39 is 27.4 Å². The van der Waals surface area contributed by atoms with Crippen LogP contribution in [0.5, 0.6) is 0 Å². The number of hydrogen-bond donors (Lipinski definition) is 1. The van der Waals surface area contributed by atoms with Gasteiger partial charge in [0.15, 0.2) is 0 Å². The zero-order chi connectivity index (χ0) is 23.3. The highest BCUT2D eigenvalue weighted by atomic mass is 32.2. The number of sulfonamides is 1. The third-order valence-corrected chi connectivity index (χ3v) is 6.71. The van der Waals surface area contributed by atoms with Crippen LogP contribution in [0.3, 0.4) is 0 Å². The Bertz CT molecular complexity index is 1190. The molecule has 1 N–H and O–H groups in total. The molecule has 0 aliphatic carbocycles. The number of nitrogens with one attached hydrogen (secondary N) is 1. The van der Waals surface area contributed by atoms with Crippen LogP contribution in [0, 0.1) is 17.0 Å². The lowest BCUT2D eigenvalue weighted by atomic mass is 10.1. The number of nitro benzene ring substituents is 1. The van der Waals surface area contributed by atoms with E-state index in [-0.39, 0.29) is 22.3 Å². The zero-order valence-electron chi connectivity index (χ0n) is 17.6. The summed E-state index contributed by atoms with van der Waals surface area (Å²) in [5.41, 5.74) is 1.95. The number of carbonyl (C=O) groups is 1. The van der Waals surface area contributed by atoms with Crippen LogP contribution in [0.2, 0.25) is 0 Å². The quantitative estimate of drug-likeness (QED) is 0.410. The number of nitrogens with zero attached hydrogens (tertiary/aromatic N) is 2. The predicted octanol–water partition coefficient (Wildman–Crippen LogP) is 3.98. The number of non-ortho nitro benzene ring substituents is 1. The first kappa shape index (κ1) is 23.0. The molecule has 1 amide bonds. The van der Waals surface area contributed by atoms with Crippen LogP contribution in [0.15, 0.2) is 83.8 Å². The summed E-state index contributed by atoms with van der Waals surface area (Å²) < 4.78 is 27.5. The topological polar surface area (TPSA) is 110 Å². The van der Waals surface area contributed by atoms with Crippen LogP contribution in [0.1, 0.15) is 24.1 Å². The fraction of sp³-hybridized carbons (Fsp3) is 0.174. The lowest BCUT2D eigenvalue weighted by molar-refractivity contribution is -0.384. The molecule has 9 heteroatoms. The molecule has 0 aliphatic heterocycles. The van der Waals surface area contributed by atoms with Crippen LogP contribution >= 0.6 is 0 Å². The number of anilines is 1. The van der Waals surface area contributed by atoms with Gasteiger partial charge in [0.25, 0.3) is 15.7 Å². The molecule has 166 valence electrons. The van der Waals surface area contributed by atoms with Gasteiger partial charge in [0.1, 0.15) is 6.54 Å². The Balaban J connectivity index is 1.89. The highest BCUT2D eigenvalue weighted by Gasteiger charge is 2.28. The van der Waals surface area contributed by atoms with Crippen molar-refractivity contribution in [3.05, 3.63) is 100 Å². The summed E-state index contributed by atoms with van der Waals surface area (Å²) in [6.07, 6.45) is 0. The van der Waals surface area contributed by atoms with Gasteiger partial charge in [-0.05, 0) is 43.7 Å².